The van der Waals surface area contributed by atoms with Crippen molar-refractivity contribution in [3.63, 3.8) is 0 Å². The number of likely N-dealkylation sites (tertiary alicyclic amines) is 1. The van der Waals surface area contributed by atoms with Crippen molar-refractivity contribution in [1.82, 2.24) is 4.90 Å². The number of rotatable bonds is 4. The summed E-state index contributed by atoms with van der Waals surface area (Å²) in [5.41, 5.74) is 0.740. The SMILES string of the molecule is O=C(c1ccc2c(c1)OCCO2)C1CCN(Cc2sccc2Br)CC1. The number of Topliss-reactive ketones (excluding diaryl/α,β-unsaturated/α-hetero) is 1. The van der Waals surface area contributed by atoms with E-state index >= 15 is 0 Å². The van der Waals surface area contributed by atoms with Gasteiger partial charge in [-0.25, -0.2) is 0 Å². The quantitative estimate of drug-likeness (QED) is 0.686. The molecule has 1 aromatic carbocycles. The summed E-state index contributed by atoms with van der Waals surface area (Å²) in [5, 5.41) is 2.11. The van der Waals surface area contributed by atoms with Crippen LogP contribution in [0.4, 0.5) is 0 Å². The molecule has 0 saturated carbocycles. The molecule has 2 aliphatic rings. The third-order valence-electron chi connectivity index (χ3n) is 4.84. The number of carbonyl (C=O) groups is 1. The summed E-state index contributed by atoms with van der Waals surface area (Å²) >= 11 is 5.38. The van der Waals surface area contributed by atoms with E-state index in [0.717, 1.165) is 43.8 Å². The molecule has 25 heavy (non-hydrogen) atoms. The van der Waals surface area contributed by atoms with Crippen molar-refractivity contribution < 1.29 is 14.3 Å². The number of ketones is 1. The van der Waals surface area contributed by atoms with Gasteiger partial charge in [0.25, 0.3) is 0 Å². The van der Waals surface area contributed by atoms with Gasteiger partial charge in [0.15, 0.2) is 17.3 Å². The molecule has 6 heteroatoms. The highest BCUT2D eigenvalue weighted by Crippen LogP contribution is 2.33. The van der Waals surface area contributed by atoms with Crippen LogP contribution in [0.15, 0.2) is 34.1 Å². The van der Waals surface area contributed by atoms with Crippen LogP contribution in [0.25, 0.3) is 0 Å². The summed E-state index contributed by atoms with van der Waals surface area (Å²) in [7, 11) is 0. The monoisotopic (exact) mass is 421 g/mol. The lowest BCUT2D eigenvalue weighted by atomic mass is 9.88. The van der Waals surface area contributed by atoms with Crippen LogP contribution in [0.5, 0.6) is 11.5 Å². The van der Waals surface area contributed by atoms with Crippen molar-refractivity contribution in [1.29, 1.82) is 0 Å². The zero-order chi connectivity index (χ0) is 17.2. The van der Waals surface area contributed by atoms with Gasteiger partial charge in [-0.1, -0.05) is 0 Å². The predicted molar refractivity (Wildman–Crippen MR) is 102 cm³/mol. The minimum absolute atomic E-state index is 0.102. The Morgan fingerprint density at radius 2 is 1.92 bits per heavy atom. The Morgan fingerprint density at radius 1 is 1.16 bits per heavy atom. The predicted octanol–water partition coefficient (Wildman–Crippen LogP) is 4.38. The summed E-state index contributed by atoms with van der Waals surface area (Å²) in [6, 6.07) is 7.65. The highest BCUT2D eigenvalue weighted by molar-refractivity contribution is 9.10. The van der Waals surface area contributed by atoms with Crippen LogP contribution < -0.4 is 9.47 Å². The maximum Gasteiger partial charge on any atom is 0.166 e. The van der Waals surface area contributed by atoms with Crippen LogP contribution in [-0.2, 0) is 6.54 Å². The Hall–Kier alpha value is -1.37. The lowest BCUT2D eigenvalue weighted by molar-refractivity contribution is 0.0834. The lowest BCUT2D eigenvalue weighted by Crippen LogP contribution is -2.35. The number of piperidine rings is 1. The molecule has 1 saturated heterocycles. The molecular formula is C19H20BrNO3S. The molecule has 1 aromatic heterocycles. The average Bonchev–Trinajstić information content (AvgIpc) is 3.06. The molecule has 0 aliphatic carbocycles. The highest BCUT2D eigenvalue weighted by Gasteiger charge is 2.27. The van der Waals surface area contributed by atoms with Gasteiger partial charge in [0.1, 0.15) is 13.2 Å². The van der Waals surface area contributed by atoms with Crippen LogP contribution in [0.3, 0.4) is 0 Å². The van der Waals surface area contributed by atoms with E-state index in [4.69, 9.17) is 9.47 Å². The molecule has 4 rings (SSSR count). The molecule has 2 aliphatic heterocycles. The summed E-state index contributed by atoms with van der Waals surface area (Å²) in [4.78, 5) is 16.6. The maximum absolute atomic E-state index is 12.8. The number of benzene rings is 1. The second-order valence-electron chi connectivity index (χ2n) is 6.46. The number of thiophene rings is 1. The van der Waals surface area contributed by atoms with Gasteiger partial charge in [-0.3, -0.25) is 9.69 Å². The molecule has 0 amide bonds. The third-order valence-corrected chi connectivity index (χ3v) is 6.75. The van der Waals surface area contributed by atoms with E-state index in [9.17, 15) is 4.79 Å². The number of fused-ring (bicyclic) bond motifs is 1. The molecule has 0 N–H and O–H groups in total. The van der Waals surface area contributed by atoms with Gasteiger partial charge in [-0.15, -0.1) is 11.3 Å². The summed E-state index contributed by atoms with van der Waals surface area (Å²) < 4.78 is 12.3. The molecule has 0 bridgehead atoms. The van der Waals surface area contributed by atoms with Gasteiger partial charge < -0.3 is 9.47 Å². The van der Waals surface area contributed by atoms with Crippen molar-refractivity contribution >= 4 is 33.0 Å². The second kappa shape index (κ2) is 7.48. The molecule has 0 atom stereocenters. The number of hydrogen-bond acceptors (Lipinski definition) is 5. The first-order chi connectivity index (χ1) is 12.2. The van der Waals surface area contributed by atoms with Crippen molar-refractivity contribution in [3.05, 3.63) is 44.6 Å². The average molecular weight is 422 g/mol. The Kier molecular flexibility index (Phi) is 5.10. The molecule has 3 heterocycles. The smallest absolute Gasteiger partial charge is 0.166 e. The largest absolute Gasteiger partial charge is 0.486 e. The Balaban J connectivity index is 1.37. The van der Waals surface area contributed by atoms with Gasteiger partial charge in [-0.05, 0) is 71.5 Å². The van der Waals surface area contributed by atoms with Crippen LogP contribution in [-0.4, -0.2) is 37.0 Å². The fourth-order valence-corrected chi connectivity index (χ4v) is 4.95. The molecule has 0 unspecified atom stereocenters. The molecule has 1 fully saturated rings. The fraction of sp³-hybridized carbons (Fsp3) is 0.421. The van der Waals surface area contributed by atoms with Crippen molar-refractivity contribution in [3.8, 4) is 11.5 Å². The minimum atomic E-state index is 0.102. The minimum Gasteiger partial charge on any atom is -0.486 e. The highest BCUT2D eigenvalue weighted by atomic mass is 79.9. The maximum atomic E-state index is 12.8. The summed E-state index contributed by atoms with van der Waals surface area (Å²) in [6.07, 6.45) is 1.83. The first-order valence-corrected chi connectivity index (χ1v) is 10.3. The Morgan fingerprint density at radius 3 is 2.64 bits per heavy atom. The van der Waals surface area contributed by atoms with E-state index in [1.807, 2.05) is 18.2 Å². The van der Waals surface area contributed by atoms with Crippen LogP contribution in [0.2, 0.25) is 0 Å². The van der Waals surface area contributed by atoms with E-state index in [1.165, 1.54) is 9.35 Å². The van der Waals surface area contributed by atoms with Crippen LogP contribution in [0, 0.1) is 5.92 Å². The first-order valence-electron chi connectivity index (χ1n) is 8.59. The van der Waals surface area contributed by atoms with Gasteiger partial charge in [-0.2, -0.15) is 0 Å². The first kappa shape index (κ1) is 17.1. The molecule has 0 spiro atoms. The van der Waals surface area contributed by atoms with Gasteiger partial charge >= 0.3 is 0 Å². The standard InChI is InChI=1S/C19H20BrNO3S/c20-15-5-10-25-18(15)12-21-6-3-13(4-7-21)19(22)14-1-2-16-17(11-14)24-9-8-23-16/h1-2,5,10-11,13H,3-4,6-9,12H2. The fourth-order valence-electron chi connectivity index (χ4n) is 3.43. The zero-order valence-electron chi connectivity index (χ0n) is 13.9. The summed E-state index contributed by atoms with van der Waals surface area (Å²) in [5.74, 6) is 1.76. The Bertz CT molecular complexity index is 768. The zero-order valence-corrected chi connectivity index (χ0v) is 16.3. The van der Waals surface area contributed by atoms with Crippen molar-refractivity contribution in [2.24, 2.45) is 5.92 Å². The van der Waals surface area contributed by atoms with Crippen molar-refractivity contribution in [2.75, 3.05) is 26.3 Å². The number of halogens is 1. The molecule has 2 aromatic rings. The van der Waals surface area contributed by atoms with E-state index in [2.05, 4.69) is 32.3 Å². The van der Waals surface area contributed by atoms with E-state index in [1.54, 1.807) is 11.3 Å². The van der Waals surface area contributed by atoms with Crippen LogP contribution in [0.1, 0.15) is 28.1 Å². The van der Waals surface area contributed by atoms with Crippen molar-refractivity contribution in [2.45, 2.75) is 19.4 Å². The lowest BCUT2D eigenvalue weighted by Gasteiger charge is -2.31. The second-order valence-corrected chi connectivity index (χ2v) is 8.32. The van der Waals surface area contributed by atoms with E-state index < -0.39 is 0 Å². The molecule has 4 nitrogen and oxygen atoms in total. The third kappa shape index (κ3) is 3.76. The number of carbonyl (C=O) groups excluding carboxylic acids is 1. The van der Waals surface area contributed by atoms with E-state index in [-0.39, 0.29) is 11.7 Å². The number of ether oxygens (including phenoxy) is 2. The van der Waals surface area contributed by atoms with Crippen LogP contribution >= 0.6 is 27.3 Å². The molecule has 0 radical (unpaired) electrons. The van der Waals surface area contributed by atoms with E-state index in [0.29, 0.717) is 19.0 Å². The van der Waals surface area contributed by atoms with Gasteiger partial charge in [0.2, 0.25) is 0 Å². The molecule has 132 valence electrons. The topological polar surface area (TPSA) is 38.8 Å². The number of hydrogen-bond donors (Lipinski definition) is 0. The van der Waals surface area contributed by atoms with Gasteiger partial charge in [0, 0.05) is 27.4 Å². The van der Waals surface area contributed by atoms with Gasteiger partial charge in [0.05, 0.1) is 0 Å². The number of nitrogens with zero attached hydrogens (tertiary/aromatic N) is 1. The normalized spacial score (nSPS) is 18.3. The Labute approximate surface area is 159 Å². The summed E-state index contributed by atoms with van der Waals surface area (Å²) in [6.45, 7) is 4.00. The molecular weight excluding hydrogens is 402 g/mol.